The highest BCUT2D eigenvalue weighted by molar-refractivity contribution is 7.34. The van der Waals surface area contributed by atoms with E-state index in [0.717, 1.165) is 0 Å². The zero-order chi connectivity index (χ0) is 5.15. The minimum Gasteiger partial charge on any atom is -0.237 e. The predicted octanol–water partition coefficient (Wildman–Crippen LogP) is 1.73. The molecule has 0 aliphatic rings. The minimum absolute atomic E-state index is 0.463. The third-order valence-corrected chi connectivity index (χ3v) is 1.10. The normalized spacial score (nSPS) is 9.17. The van der Waals surface area contributed by atoms with Gasteiger partial charge in [0.25, 0.3) is 0 Å². The first-order valence-corrected chi connectivity index (χ1v) is 2.77. The first-order chi connectivity index (χ1) is 2.64. The summed E-state index contributed by atoms with van der Waals surface area (Å²) in [6, 6.07) is 0. The number of rotatable bonds is 1. The first kappa shape index (κ1) is 5.90. The Bertz CT molecular complexity index is 85.0. The highest BCUT2D eigenvalue weighted by Gasteiger charge is 1.95. The van der Waals surface area contributed by atoms with Gasteiger partial charge in [-0.05, 0) is 13.8 Å². The van der Waals surface area contributed by atoms with Crippen LogP contribution in [-0.2, 0) is 9.13 Å². The van der Waals surface area contributed by atoms with Crippen LogP contribution in [0.1, 0.15) is 13.8 Å². The molecule has 0 N–H and O–H groups in total. The van der Waals surface area contributed by atoms with Gasteiger partial charge in [-0.25, -0.2) is 9.13 Å². The van der Waals surface area contributed by atoms with Crippen molar-refractivity contribution in [1.29, 1.82) is 0 Å². The molecule has 6 heavy (non-hydrogen) atoms. The molecular weight excluding hydrogens is 99.0 g/mol. The molecule has 0 saturated heterocycles. The summed E-state index contributed by atoms with van der Waals surface area (Å²) in [6.45, 7) is 3.12. The van der Waals surface area contributed by atoms with Gasteiger partial charge in [0.1, 0.15) is 0 Å². The Morgan fingerprint density at radius 2 is 1.50 bits per heavy atom. The monoisotopic (exact) mass is 105 g/mol. The second kappa shape index (κ2) is 2.14. The van der Waals surface area contributed by atoms with Crippen molar-refractivity contribution in [3.8, 4) is 0 Å². The molecule has 3 heteroatoms. The highest BCUT2D eigenvalue weighted by Crippen LogP contribution is 2.19. The summed E-state index contributed by atoms with van der Waals surface area (Å²) in [7, 11) is -2.24. The van der Waals surface area contributed by atoms with E-state index in [-0.39, 0.29) is 0 Å². The van der Waals surface area contributed by atoms with Gasteiger partial charge in [0.2, 0.25) is 0 Å². The van der Waals surface area contributed by atoms with E-state index in [1.807, 2.05) is 0 Å². The van der Waals surface area contributed by atoms with Crippen molar-refractivity contribution in [3.05, 3.63) is 5.66 Å². The molecule has 0 amide bonds. The summed E-state index contributed by atoms with van der Waals surface area (Å²) in [5.41, 5.74) is 0.463. The van der Waals surface area contributed by atoms with Gasteiger partial charge in [0, 0.05) is 0 Å². The van der Waals surface area contributed by atoms with Gasteiger partial charge < -0.3 is 0 Å². The first-order valence-electron chi connectivity index (χ1n) is 1.59. The zero-order valence-corrected chi connectivity index (χ0v) is 4.66. The lowest BCUT2D eigenvalue weighted by Gasteiger charge is -1.76. The quantitative estimate of drug-likeness (QED) is 0.476. The molecule has 35 valence electrons. The molecule has 0 bridgehead atoms. The highest BCUT2D eigenvalue weighted by atomic mass is 31.1. The molecule has 0 saturated carbocycles. The summed E-state index contributed by atoms with van der Waals surface area (Å²) in [5.74, 6) is 0. The molecule has 0 fully saturated rings. The van der Waals surface area contributed by atoms with Crippen molar-refractivity contribution in [2.45, 2.75) is 13.8 Å². The summed E-state index contributed by atoms with van der Waals surface area (Å²) in [5, 5.41) is 0. The van der Waals surface area contributed by atoms with Gasteiger partial charge in [-0.2, -0.15) is 0 Å². The molecule has 0 aromatic rings. The van der Waals surface area contributed by atoms with Crippen LogP contribution >= 0.6 is 7.68 Å². The van der Waals surface area contributed by atoms with Crippen LogP contribution in [0.3, 0.4) is 0 Å². The Kier molecular flexibility index (Phi) is 2.11. The lowest BCUT2D eigenvalue weighted by molar-refractivity contribution is 0.516. The minimum atomic E-state index is -2.24. The molecule has 2 nitrogen and oxygen atoms in total. The molecule has 0 aromatic carbocycles. The van der Waals surface area contributed by atoms with Crippen LogP contribution in [0.2, 0.25) is 0 Å². The van der Waals surface area contributed by atoms with Gasteiger partial charge in [0.05, 0.1) is 5.66 Å². The van der Waals surface area contributed by atoms with Crippen molar-refractivity contribution in [3.63, 3.8) is 0 Å². The molecule has 1 radical (unpaired) electrons. The van der Waals surface area contributed by atoms with E-state index in [1.165, 1.54) is 0 Å². The molecule has 0 spiro atoms. The molecular formula is C3H6O2P. The van der Waals surface area contributed by atoms with Crippen LogP contribution < -0.4 is 0 Å². The summed E-state index contributed by atoms with van der Waals surface area (Å²) in [6.07, 6.45) is 0. The van der Waals surface area contributed by atoms with Gasteiger partial charge >= 0.3 is 7.68 Å². The fourth-order valence-electron chi connectivity index (χ4n) is 0. The largest absolute Gasteiger partial charge is 0.322 e. The summed E-state index contributed by atoms with van der Waals surface area (Å²) < 4.78 is 19.4. The average molecular weight is 105 g/mol. The SMILES string of the molecule is C[C](C)P(=O)=O. The zero-order valence-electron chi connectivity index (χ0n) is 3.76. The van der Waals surface area contributed by atoms with Crippen LogP contribution in [0.4, 0.5) is 0 Å². The van der Waals surface area contributed by atoms with E-state index in [1.54, 1.807) is 13.8 Å². The standard InChI is InChI=1S/C3H6O2P/c1-3(2)6(4)5/h1-2H3. The Hall–Kier alpha value is -0.100. The molecule has 0 atom stereocenters. The van der Waals surface area contributed by atoms with Crippen LogP contribution in [0.5, 0.6) is 0 Å². The lowest BCUT2D eigenvalue weighted by Crippen LogP contribution is -1.61. The van der Waals surface area contributed by atoms with E-state index in [2.05, 4.69) is 0 Å². The topological polar surface area (TPSA) is 34.1 Å². The van der Waals surface area contributed by atoms with Crippen LogP contribution in [0, 0.1) is 5.66 Å². The van der Waals surface area contributed by atoms with Crippen LogP contribution in [0.25, 0.3) is 0 Å². The van der Waals surface area contributed by atoms with Gasteiger partial charge in [-0.3, -0.25) is 0 Å². The smallest absolute Gasteiger partial charge is 0.237 e. The number of hydrogen-bond donors (Lipinski definition) is 0. The predicted molar refractivity (Wildman–Crippen MR) is 22.9 cm³/mol. The van der Waals surface area contributed by atoms with Crippen LogP contribution in [-0.4, -0.2) is 0 Å². The molecule has 0 heterocycles. The van der Waals surface area contributed by atoms with Crippen molar-refractivity contribution < 1.29 is 9.13 Å². The van der Waals surface area contributed by atoms with Gasteiger partial charge in [-0.1, -0.05) is 0 Å². The van der Waals surface area contributed by atoms with Gasteiger partial charge in [-0.15, -0.1) is 0 Å². The van der Waals surface area contributed by atoms with Gasteiger partial charge in [0.15, 0.2) is 0 Å². The Morgan fingerprint density at radius 1 is 1.33 bits per heavy atom. The molecule has 0 aliphatic heterocycles. The fraction of sp³-hybridized carbons (Fsp3) is 0.667. The van der Waals surface area contributed by atoms with Crippen molar-refractivity contribution in [2.24, 2.45) is 0 Å². The van der Waals surface area contributed by atoms with Crippen molar-refractivity contribution in [1.82, 2.24) is 0 Å². The second-order valence-corrected chi connectivity index (χ2v) is 2.61. The molecule has 0 aromatic heterocycles. The Morgan fingerprint density at radius 3 is 1.50 bits per heavy atom. The molecule has 0 rings (SSSR count). The van der Waals surface area contributed by atoms with Crippen LogP contribution in [0.15, 0.2) is 0 Å². The maximum Gasteiger partial charge on any atom is 0.322 e. The summed E-state index contributed by atoms with van der Waals surface area (Å²) in [4.78, 5) is 0. The molecule has 0 aliphatic carbocycles. The number of hydrogen-bond acceptors (Lipinski definition) is 2. The van der Waals surface area contributed by atoms with E-state index in [4.69, 9.17) is 0 Å². The third-order valence-electron chi connectivity index (χ3n) is 0.365. The van der Waals surface area contributed by atoms with Crippen molar-refractivity contribution >= 4 is 7.68 Å². The van der Waals surface area contributed by atoms with E-state index in [0.29, 0.717) is 5.66 Å². The lowest BCUT2D eigenvalue weighted by atomic mass is 10.6. The molecule has 0 unspecified atom stereocenters. The Balaban J connectivity index is 3.57. The average Bonchev–Trinajstić information content (AvgIpc) is 1.36. The van der Waals surface area contributed by atoms with E-state index >= 15 is 0 Å². The second-order valence-electron chi connectivity index (χ2n) is 1.20. The maximum absolute atomic E-state index is 9.70. The Labute approximate surface area is 37.4 Å². The fourth-order valence-corrected chi connectivity index (χ4v) is 0. The maximum atomic E-state index is 9.70. The van der Waals surface area contributed by atoms with Crippen molar-refractivity contribution in [2.75, 3.05) is 0 Å². The summed E-state index contributed by atoms with van der Waals surface area (Å²) >= 11 is 0. The third kappa shape index (κ3) is 2.16. The van der Waals surface area contributed by atoms with E-state index < -0.39 is 7.68 Å². The van der Waals surface area contributed by atoms with E-state index in [9.17, 15) is 9.13 Å².